The molecular weight excluding hydrogens is 362 g/mol. The maximum atomic E-state index is 13.3. The normalized spacial score (nSPS) is 19.0. The van der Waals surface area contributed by atoms with Crippen molar-refractivity contribution < 1.29 is 9.21 Å². The Balaban J connectivity index is 1.71. The molecule has 4 aromatic rings. The van der Waals surface area contributed by atoms with Crippen LogP contribution in [0.5, 0.6) is 0 Å². The van der Waals surface area contributed by atoms with E-state index < -0.39 is 5.54 Å². The maximum Gasteiger partial charge on any atom is 0.266 e. The van der Waals surface area contributed by atoms with Crippen LogP contribution >= 0.6 is 0 Å². The van der Waals surface area contributed by atoms with Crippen molar-refractivity contribution in [1.29, 1.82) is 0 Å². The number of hydrogen-bond donors (Lipinski definition) is 1. The van der Waals surface area contributed by atoms with Crippen LogP contribution in [0.1, 0.15) is 11.1 Å². The van der Waals surface area contributed by atoms with Crippen LogP contribution in [0.15, 0.2) is 94.3 Å². The number of fused-ring (bicyclic) bond motifs is 1. The summed E-state index contributed by atoms with van der Waals surface area (Å²) in [5.41, 5.74) is 8.08. The number of nitrogens with zero attached hydrogens (tertiary/aromatic N) is 2. The van der Waals surface area contributed by atoms with Gasteiger partial charge in [0.05, 0.1) is 0 Å². The van der Waals surface area contributed by atoms with Crippen LogP contribution in [0.4, 0.5) is 0 Å². The molecule has 0 saturated carbocycles. The first kappa shape index (κ1) is 17.3. The van der Waals surface area contributed by atoms with E-state index in [2.05, 4.69) is 4.99 Å². The van der Waals surface area contributed by atoms with Crippen molar-refractivity contribution in [3.05, 3.63) is 96.1 Å². The average Bonchev–Trinajstić information content (AvgIpc) is 3.30. The highest BCUT2D eigenvalue weighted by atomic mass is 16.3. The first-order valence-electron chi connectivity index (χ1n) is 9.38. The summed E-state index contributed by atoms with van der Waals surface area (Å²) in [6.07, 6.45) is 0. The number of nitrogens with two attached hydrogens (primary N) is 1. The minimum atomic E-state index is -1.21. The second-order valence-electron chi connectivity index (χ2n) is 7.14. The topological polar surface area (TPSA) is 71.8 Å². The van der Waals surface area contributed by atoms with Gasteiger partial charge in [0.15, 0.2) is 11.5 Å². The summed E-state index contributed by atoms with van der Waals surface area (Å²) in [6, 6.07) is 27.2. The molecule has 0 fully saturated rings. The first-order valence-corrected chi connectivity index (χ1v) is 9.38. The molecule has 1 aromatic heterocycles. The third kappa shape index (κ3) is 2.55. The fraction of sp³-hybridized carbons (Fsp3) is 0.0833. The largest absolute Gasteiger partial charge is 0.456 e. The van der Waals surface area contributed by atoms with E-state index >= 15 is 0 Å². The molecule has 1 unspecified atom stereocenters. The summed E-state index contributed by atoms with van der Waals surface area (Å²) < 4.78 is 6.02. The van der Waals surface area contributed by atoms with Crippen molar-refractivity contribution in [2.45, 2.75) is 5.54 Å². The highest BCUT2D eigenvalue weighted by molar-refractivity contribution is 6.09. The van der Waals surface area contributed by atoms with E-state index in [1.54, 1.807) is 7.05 Å². The van der Waals surface area contributed by atoms with Crippen LogP contribution in [0, 0.1) is 0 Å². The van der Waals surface area contributed by atoms with Gasteiger partial charge in [-0.05, 0) is 29.3 Å². The van der Waals surface area contributed by atoms with E-state index in [-0.39, 0.29) is 11.9 Å². The molecule has 0 saturated heterocycles. The summed E-state index contributed by atoms with van der Waals surface area (Å²) in [5, 5.41) is 1.03. The minimum Gasteiger partial charge on any atom is -0.456 e. The lowest BCUT2D eigenvalue weighted by molar-refractivity contribution is -0.129. The zero-order valence-electron chi connectivity index (χ0n) is 15.9. The number of furan rings is 1. The van der Waals surface area contributed by atoms with Crippen LogP contribution in [0.3, 0.4) is 0 Å². The van der Waals surface area contributed by atoms with Crippen molar-refractivity contribution in [1.82, 2.24) is 4.90 Å². The average molecular weight is 381 g/mol. The molecule has 0 aliphatic carbocycles. The van der Waals surface area contributed by atoms with Gasteiger partial charge < -0.3 is 10.2 Å². The van der Waals surface area contributed by atoms with E-state index in [9.17, 15) is 4.79 Å². The Labute approximate surface area is 168 Å². The van der Waals surface area contributed by atoms with Gasteiger partial charge in [0.1, 0.15) is 11.3 Å². The Morgan fingerprint density at radius 1 is 0.897 bits per heavy atom. The molecule has 0 bridgehead atoms. The van der Waals surface area contributed by atoms with Gasteiger partial charge in [-0.15, -0.1) is 0 Å². The Kier molecular flexibility index (Phi) is 3.77. The predicted molar refractivity (Wildman–Crippen MR) is 113 cm³/mol. The number of rotatable bonds is 3. The lowest BCUT2D eigenvalue weighted by Gasteiger charge is -2.26. The number of para-hydroxylation sites is 1. The number of carbonyl (C=O) groups excluding carboxylic acids is 1. The van der Waals surface area contributed by atoms with Crippen molar-refractivity contribution in [3.63, 3.8) is 0 Å². The standard InChI is InChI=1S/C24H19N3O2/c1-27-22(28)24(26-23(27)25,18-10-3-2-4-11-18)19-12-7-9-16(14-19)21-15-17-8-5-6-13-20(17)29-21/h2-15H,1H3,(H2,25,26). The Morgan fingerprint density at radius 3 is 2.34 bits per heavy atom. The van der Waals surface area contributed by atoms with Crippen LogP contribution in [-0.2, 0) is 10.3 Å². The van der Waals surface area contributed by atoms with Crippen molar-refractivity contribution in [2.24, 2.45) is 10.7 Å². The first-order chi connectivity index (χ1) is 14.1. The fourth-order valence-electron chi connectivity index (χ4n) is 3.89. The molecule has 5 rings (SSSR count). The third-order valence-corrected chi connectivity index (χ3v) is 5.42. The summed E-state index contributed by atoms with van der Waals surface area (Å²) in [5.74, 6) is 0.767. The van der Waals surface area contributed by atoms with E-state index in [0.29, 0.717) is 0 Å². The van der Waals surface area contributed by atoms with Crippen LogP contribution in [0.25, 0.3) is 22.3 Å². The van der Waals surface area contributed by atoms with Crippen LogP contribution in [0.2, 0.25) is 0 Å². The maximum absolute atomic E-state index is 13.3. The molecule has 29 heavy (non-hydrogen) atoms. The van der Waals surface area contributed by atoms with Gasteiger partial charge in [-0.1, -0.05) is 66.7 Å². The third-order valence-electron chi connectivity index (χ3n) is 5.42. The molecule has 5 nitrogen and oxygen atoms in total. The molecule has 1 amide bonds. The monoisotopic (exact) mass is 381 g/mol. The van der Waals surface area contributed by atoms with Crippen LogP contribution in [-0.4, -0.2) is 23.8 Å². The highest BCUT2D eigenvalue weighted by Gasteiger charge is 2.49. The minimum absolute atomic E-state index is 0.178. The number of carbonyl (C=O) groups is 1. The zero-order chi connectivity index (χ0) is 20.0. The zero-order valence-corrected chi connectivity index (χ0v) is 15.9. The van der Waals surface area contributed by atoms with Gasteiger partial charge in [0.2, 0.25) is 0 Å². The van der Waals surface area contributed by atoms with E-state index in [4.69, 9.17) is 10.2 Å². The van der Waals surface area contributed by atoms with Crippen molar-refractivity contribution in [2.75, 3.05) is 7.05 Å². The number of likely N-dealkylation sites (N-methyl/N-ethyl adjacent to an activating group) is 1. The van der Waals surface area contributed by atoms with Gasteiger partial charge in [-0.2, -0.15) is 0 Å². The summed E-state index contributed by atoms with van der Waals surface area (Å²) in [6.45, 7) is 0. The Hall–Kier alpha value is -3.86. The van der Waals surface area contributed by atoms with Gasteiger partial charge in [-0.3, -0.25) is 9.69 Å². The quantitative estimate of drug-likeness (QED) is 0.580. The lowest BCUT2D eigenvalue weighted by atomic mass is 9.82. The summed E-state index contributed by atoms with van der Waals surface area (Å²) >= 11 is 0. The Bertz CT molecular complexity index is 1230. The van der Waals surface area contributed by atoms with E-state index in [1.807, 2.05) is 84.9 Å². The number of aliphatic imine (C=N–C) groups is 1. The lowest BCUT2D eigenvalue weighted by Crippen LogP contribution is -2.41. The summed E-state index contributed by atoms with van der Waals surface area (Å²) in [7, 11) is 1.65. The highest BCUT2D eigenvalue weighted by Crippen LogP contribution is 2.40. The molecule has 0 radical (unpaired) electrons. The second-order valence-corrected chi connectivity index (χ2v) is 7.14. The fourth-order valence-corrected chi connectivity index (χ4v) is 3.89. The SMILES string of the molecule is CN1C(=O)C(c2ccccc2)(c2cccc(-c3cc4ccccc4o3)c2)N=C1N. The molecule has 0 spiro atoms. The number of benzene rings is 3. The molecular formula is C24H19N3O2. The van der Waals surface area contributed by atoms with Crippen molar-refractivity contribution in [3.8, 4) is 11.3 Å². The van der Waals surface area contributed by atoms with Gasteiger partial charge in [-0.25, -0.2) is 4.99 Å². The number of amides is 1. The van der Waals surface area contributed by atoms with Gasteiger partial charge in [0, 0.05) is 18.0 Å². The molecule has 1 aliphatic heterocycles. The molecule has 5 heteroatoms. The van der Waals surface area contributed by atoms with Crippen LogP contribution < -0.4 is 5.73 Å². The van der Waals surface area contributed by atoms with Gasteiger partial charge in [0.25, 0.3) is 5.91 Å². The molecule has 3 aromatic carbocycles. The second kappa shape index (κ2) is 6.34. The molecule has 1 atom stereocenters. The molecule has 142 valence electrons. The number of hydrogen-bond acceptors (Lipinski definition) is 4. The van der Waals surface area contributed by atoms with Crippen molar-refractivity contribution >= 4 is 22.8 Å². The number of guanidine groups is 1. The summed E-state index contributed by atoms with van der Waals surface area (Å²) in [4.78, 5) is 19.4. The predicted octanol–water partition coefficient (Wildman–Crippen LogP) is 4.13. The van der Waals surface area contributed by atoms with E-state index in [1.165, 1.54) is 4.90 Å². The molecule has 2 N–H and O–H groups in total. The van der Waals surface area contributed by atoms with E-state index in [0.717, 1.165) is 33.4 Å². The molecule has 2 heterocycles. The molecule has 1 aliphatic rings. The Morgan fingerprint density at radius 2 is 1.62 bits per heavy atom. The van der Waals surface area contributed by atoms with Gasteiger partial charge >= 0.3 is 0 Å². The smallest absolute Gasteiger partial charge is 0.266 e.